The van der Waals surface area contributed by atoms with Crippen molar-refractivity contribution in [3.05, 3.63) is 72.3 Å². The molecule has 0 amide bonds. The largest absolute Gasteiger partial charge is 0.365 e. The first-order valence-corrected chi connectivity index (χ1v) is 6.45. The number of carbonyl (C=O) groups excluding carboxylic acids is 1. The zero-order valence-electron chi connectivity index (χ0n) is 10.8. The van der Waals surface area contributed by atoms with Crippen molar-refractivity contribution < 1.29 is 14.6 Å². The van der Waals surface area contributed by atoms with Crippen molar-refractivity contribution in [1.29, 1.82) is 0 Å². The fourth-order valence-electron chi connectivity index (χ4n) is 2.24. The second-order valence-corrected chi connectivity index (χ2v) is 4.66. The van der Waals surface area contributed by atoms with Gasteiger partial charge in [0.05, 0.1) is 0 Å². The van der Waals surface area contributed by atoms with E-state index in [2.05, 4.69) is 0 Å². The number of ketones is 1. The van der Waals surface area contributed by atoms with Gasteiger partial charge in [-0.05, 0) is 28.8 Å². The van der Waals surface area contributed by atoms with E-state index >= 15 is 0 Å². The van der Waals surface area contributed by atoms with Crippen LogP contribution < -0.4 is 0 Å². The van der Waals surface area contributed by atoms with Crippen molar-refractivity contribution in [2.75, 3.05) is 0 Å². The summed E-state index contributed by atoms with van der Waals surface area (Å²) in [5, 5.41) is 9.43. The van der Waals surface area contributed by atoms with E-state index < -0.39 is 12.4 Å². The van der Waals surface area contributed by atoms with Crippen molar-refractivity contribution in [2.45, 2.75) is 12.4 Å². The van der Waals surface area contributed by atoms with E-state index in [-0.39, 0.29) is 5.78 Å². The van der Waals surface area contributed by atoms with Gasteiger partial charge in [0, 0.05) is 0 Å². The van der Waals surface area contributed by atoms with Gasteiger partial charge in [-0.1, -0.05) is 54.6 Å². The van der Waals surface area contributed by atoms with Gasteiger partial charge in [0.25, 0.3) is 0 Å². The van der Waals surface area contributed by atoms with E-state index in [9.17, 15) is 9.90 Å². The van der Waals surface area contributed by atoms with Crippen LogP contribution >= 0.6 is 0 Å². The highest BCUT2D eigenvalue weighted by molar-refractivity contribution is 5.95. The molecule has 2 aromatic rings. The van der Waals surface area contributed by atoms with Gasteiger partial charge in [-0.25, -0.2) is 0 Å². The molecule has 0 fully saturated rings. The van der Waals surface area contributed by atoms with E-state index in [1.807, 2.05) is 54.6 Å². The van der Waals surface area contributed by atoms with Crippen molar-refractivity contribution in [3.63, 3.8) is 0 Å². The summed E-state index contributed by atoms with van der Waals surface area (Å²) < 4.78 is 5.25. The Bertz CT molecular complexity index is 629. The fourth-order valence-corrected chi connectivity index (χ4v) is 2.24. The van der Waals surface area contributed by atoms with Crippen molar-refractivity contribution >= 4 is 5.78 Å². The van der Waals surface area contributed by atoms with Crippen LogP contribution in [0.3, 0.4) is 0 Å². The molecule has 0 aromatic heterocycles. The number of benzene rings is 2. The van der Waals surface area contributed by atoms with E-state index in [1.165, 1.54) is 12.2 Å². The van der Waals surface area contributed by atoms with Gasteiger partial charge < -0.3 is 9.84 Å². The van der Waals surface area contributed by atoms with Gasteiger partial charge in [0.1, 0.15) is 6.10 Å². The van der Waals surface area contributed by atoms with Gasteiger partial charge in [-0.3, -0.25) is 4.79 Å². The molecule has 3 heteroatoms. The molecule has 2 aromatic carbocycles. The second kappa shape index (κ2) is 5.41. The summed E-state index contributed by atoms with van der Waals surface area (Å²) in [5.74, 6) is -0.150. The molecule has 1 aliphatic rings. The molecule has 20 heavy (non-hydrogen) atoms. The molecule has 100 valence electrons. The Morgan fingerprint density at radius 1 is 0.900 bits per heavy atom. The monoisotopic (exact) mass is 266 g/mol. The smallest absolute Gasteiger partial charge is 0.188 e. The third-order valence-electron chi connectivity index (χ3n) is 3.28. The Balaban J connectivity index is 1.87. The lowest BCUT2D eigenvalue weighted by molar-refractivity contribution is -0.149. The number of aliphatic hydroxyl groups is 1. The molecule has 2 atom stereocenters. The lowest BCUT2D eigenvalue weighted by atomic mass is 9.99. The summed E-state index contributed by atoms with van der Waals surface area (Å²) in [7, 11) is 0. The van der Waals surface area contributed by atoms with E-state index in [1.54, 1.807) is 0 Å². The lowest BCUT2D eigenvalue weighted by Crippen LogP contribution is -2.24. The summed E-state index contributed by atoms with van der Waals surface area (Å²) in [6, 6.07) is 17.6. The summed E-state index contributed by atoms with van der Waals surface area (Å²) in [6.07, 6.45) is 0.965. The minimum atomic E-state index is -1.02. The first kappa shape index (κ1) is 12.8. The van der Waals surface area contributed by atoms with E-state index in [0.29, 0.717) is 0 Å². The molecule has 0 saturated carbocycles. The van der Waals surface area contributed by atoms with Crippen molar-refractivity contribution in [2.24, 2.45) is 0 Å². The van der Waals surface area contributed by atoms with Crippen LogP contribution in [-0.2, 0) is 9.53 Å². The van der Waals surface area contributed by atoms with Crippen LogP contribution in [0, 0.1) is 0 Å². The number of aliphatic hydroxyl groups excluding tert-OH is 1. The van der Waals surface area contributed by atoms with Crippen LogP contribution in [-0.4, -0.2) is 17.2 Å². The number of hydrogen-bond donors (Lipinski definition) is 1. The summed E-state index contributed by atoms with van der Waals surface area (Å²) in [4.78, 5) is 11.8. The highest BCUT2D eigenvalue weighted by Gasteiger charge is 2.25. The van der Waals surface area contributed by atoms with Crippen molar-refractivity contribution in [1.82, 2.24) is 0 Å². The van der Waals surface area contributed by atoms with Gasteiger partial charge in [0.2, 0.25) is 0 Å². The molecule has 0 saturated heterocycles. The van der Waals surface area contributed by atoms with Gasteiger partial charge in [0.15, 0.2) is 12.1 Å². The SMILES string of the molecule is O=C1C=CC(O)OC1c1ccc(-c2ccccc2)cc1. The van der Waals surface area contributed by atoms with E-state index in [0.717, 1.165) is 16.7 Å². The Morgan fingerprint density at radius 2 is 1.55 bits per heavy atom. The number of ether oxygens (including phenoxy) is 1. The summed E-state index contributed by atoms with van der Waals surface area (Å²) in [6.45, 7) is 0. The molecular formula is C17H14O3. The molecule has 0 radical (unpaired) electrons. The Morgan fingerprint density at radius 3 is 2.25 bits per heavy atom. The predicted molar refractivity (Wildman–Crippen MR) is 75.9 cm³/mol. The zero-order chi connectivity index (χ0) is 13.9. The van der Waals surface area contributed by atoms with Gasteiger partial charge >= 0.3 is 0 Å². The maximum atomic E-state index is 11.8. The first-order chi connectivity index (χ1) is 9.74. The molecule has 2 unspecified atom stereocenters. The topological polar surface area (TPSA) is 46.5 Å². The summed E-state index contributed by atoms with van der Waals surface area (Å²) in [5.41, 5.74) is 2.95. The van der Waals surface area contributed by atoms with Crippen LogP contribution in [0.2, 0.25) is 0 Å². The number of carbonyl (C=O) groups is 1. The Hall–Kier alpha value is -2.23. The average Bonchev–Trinajstić information content (AvgIpc) is 2.51. The zero-order valence-corrected chi connectivity index (χ0v) is 10.8. The minimum absolute atomic E-state index is 0.150. The first-order valence-electron chi connectivity index (χ1n) is 6.45. The summed E-state index contributed by atoms with van der Waals surface area (Å²) >= 11 is 0. The second-order valence-electron chi connectivity index (χ2n) is 4.66. The molecule has 1 N–H and O–H groups in total. The molecule has 0 bridgehead atoms. The van der Waals surface area contributed by atoms with Crippen LogP contribution in [0.1, 0.15) is 11.7 Å². The van der Waals surface area contributed by atoms with Gasteiger partial charge in [-0.15, -0.1) is 0 Å². The highest BCUT2D eigenvalue weighted by atomic mass is 16.6. The number of hydrogen-bond acceptors (Lipinski definition) is 3. The molecule has 3 rings (SSSR count). The Kier molecular flexibility index (Phi) is 3.46. The third-order valence-corrected chi connectivity index (χ3v) is 3.28. The fraction of sp³-hybridized carbons (Fsp3) is 0.118. The lowest BCUT2D eigenvalue weighted by Gasteiger charge is -2.21. The van der Waals surface area contributed by atoms with Crippen molar-refractivity contribution in [3.8, 4) is 11.1 Å². The third kappa shape index (κ3) is 2.54. The molecular weight excluding hydrogens is 252 g/mol. The molecule has 3 nitrogen and oxygen atoms in total. The standard InChI is InChI=1S/C17H14O3/c18-15-10-11-16(19)20-17(15)14-8-6-13(7-9-14)12-4-2-1-3-5-12/h1-11,16-17,19H. The Labute approximate surface area is 117 Å². The van der Waals surface area contributed by atoms with Crippen LogP contribution in [0.4, 0.5) is 0 Å². The molecule has 1 aliphatic heterocycles. The number of rotatable bonds is 2. The highest BCUT2D eigenvalue weighted by Crippen LogP contribution is 2.27. The normalized spacial score (nSPS) is 21.9. The predicted octanol–water partition coefficient (Wildman–Crippen LogP) is 2.87. The van der Waals surface area contributed by atoms with Crippen LogP contribution in [0.5, 0.6) is 0 Å². The van der Waals surface area contributed by atoms with Crippen LogP contribution in [0.15, 0.2) is 66.7 Å². The maximum Gasteiger partial charge on any atom is 0.188 e. The minimum Gasteiger partial charge on any atom is -0.365 e. The molecule has 1 heterocycles. The maximum absolute atomic E-state index is 11.8. The quantitative estimate of drug-likeness (QED) is 0.909. The molecule has 0 spiro atoms. The van der Waals surface area contributed by atoms with Gasteiger partial charge in [-0.2, -0.15) is 0 Å². The van der Waals surface area contributed by atoms with E-state index in [4.69, 9.17) is 4.74 Å². The van der Waals surface area contributed by atoms with Crippen LogP contribution in [0.25, 0.3) is 11.1 Å². The molecule has 0 aliphatic carbocycles. The average molecular weight is 266 g/mol.